The number of carbonyl (C=O) groups excluding carboxylic acids is 10. The Labute approximate surface area is 801 Å². The monoisotopic (exact) mass is 1890 g/mol. The van der Waals surface area contributed by atoms with Gasteiger partial charge in [0.1, 0.15) is 24.4 Å². The summed E-state index contributed by atoms with van der Waals surface area (Å²) < 4.78 is 95.3. The Morgan fingerprint density at radius 1 is 0.194 bits per heavy atom. The van der Waals surface area contributed by atoms with Crippen molar-refractivity contribution in [2.75, 3.05) is 79.3 Å². The number of carbonyl (C=O) groups is 10. The summed E-state index contributed by atoms with van der Waals surface area (Å²) in [5.74, 6) is -3.02. The van der Waals surface area contributed by atoms with Gasteiger partial charge in [-0.25, -0.2) is 19.2 Å². The fraction of sp³-hybridized carbons (Fsp3) is 0.833. The third kappa shape index (κ3) is 43.4. The van der Waals surface area contributed by atoms with Gasteiger partial charge >= 0.3 is 59.7 Å². The highest BCUT2D eigenvalue weighted by Crippen LogP contribution is 2.47. The fourth-order valence-corrected chi connectivity index (χ4v) is 22.0. The van der Waals surface area contributed by atoms with Crippen LogP contribution in [-0.2, 0) is 124 Å². The quantitative estimate of drug-likeness (QED) is 0.0236. The summed E-state index contributed by atoms with van der Waals surface area (Å²) in [6, 6.07) is 0. The second-order valence-electron chi connectivity index (χ2n) is 40.1. The molecule has 0 aromatic rings. The molecule has 26 heteroatoms. The molecule has 9 aliphatic rings. The van der Waals surface area contributed by atoms with Gasteiger partial charge in [0.25, 0.3) is 0 Å². The Balaban J connectivity index is 0.623. The van der Waals surface area contributed by atoms with Crippen molar-refractivity contribution in [1.29, 1.82) is 0 Å². The molecule has 0 aromatic carbocycles. The van der Waals surface area contributed by atoms with Crippen LogP contribution in [0.15, 0.2) is 50.6 Å². The average molecular weight is 1890 g/mol. The highest BCUT2D eigenvalue weighted by Gasteiger charge is 2.46. The van der Waals surface area contributed by atoms with Crippen molar-refractivity contribution >= 4 is 59.7 Å². The highest BCUT2D eigenvalue weighted by atomic mass is 16.6. The van der Waals surface area contributed by atoms with Gasteiger partial charge in [0.05, 0.1) is 112 Å². The molecule has 9 fully saturated rings. The molecule has 0 amide bonds. The van der Waals surface area contributed by atoms with Crippen LogP contribution in [0.1, 0.15) is 372 Å². The summed E-state index contributed by atoms with van der Waals surface area (Å²) in [7, 11) is 0. The molecule has 0 bridgehead atoms. The van der Waals surface area contributed by atoms with E-state index in [1.165, 1.54) is 75.7 Å². The topological polar surface area (TPSA) is 318 Å². The van der Waals surface area contributed by atoms with Gasteiger partial charge in [-0.1, -0.05) is 77.7 Å². The molecule has 26 nitrogen and oxygen atoms in total. The van der Waals surface area contributed by atoms with Crippen LogP contribution < -0.4 is 0 Å². The van der Waals surface area contributed by atoms with Crippen LogP contribution in [0.25, 0.3) is 0 Å². The third-order valence-electron chi connectivity index (χ3n) is 30.2. The first kappa shape index (κ1) is 111. The predicted octanol–water partition coefficient (Wildman–Crippen LogP) is 20.9. The van der Waals surface area contributed by atoms with E-state index in [2.05, 4.69) is 26.3 Å². The molecule has 0 radical (unpaired) electrons. The van der Waals surface area contributed by atoms with Crippen LogP contribution in [0.3, 0.4) is 0 Å². The number of hydrogen-bond acceptors (Lipinski definition) is 26. The highest BCUT2D eigenvalue weighted by molar-refractivity contribution is 5.83. The van der Waals surface area contributed by atoms with Gasteiger partial charge in [-0.3, -0.25) is 28.8 Å². The number of esters is 10. The summed E-state index contributed by atoms with van der Waals surface area (Å²) in [6.45, 7) is 19.8. The summed E-state index contributed by atoms with van der Waals surface area (Å²) >= 11 is 0. The van der Waals surface area contributed by atoms with E-state index in [-0.39, 0.29) is 98.0 Å². The molecule has 10 unspecified atom stereocenters. The number of ether oxygens (including phenoxy) is 16. The molecule has 134 heavy (non-hydrogen) atoms. The Morgan fingerprint density at radius 2 is 0.418 bits per heavy atom. The lowest BCUT2D eigenvalue weighted by molar-refractivity contribution is -0.178. The van der Waals surface area contributed by atoms with Gasteiger partial charge in [0, 0.05) is 76.8 Å². The molecule has 9 saturated carbocycles. The molecule has 0 aliphatic heterocycles. The smallest absolute Gasteiger partial charge is 0.330 e. The zero-order valence-electron chi connectivity index (χ0n) is 81.8. The fourth-order valence-electron chi connectivity index (χ4n) is 22.0. The van der Waals surface area contributed by atoms with Gasteiger partial charge in [-0.2, -0.15) is 0 Å². The predicted molar refractivity (Wildman–Crippen MR) is 507 cm³/mol. The van der Waals surface area contributed by atoms with Crippen molar-refractivity contribution in [2.45, 2.75) is 433 Å². The van der Waals surface area contributed by atoms with Crippen molar-refractivity contribution in [3.8, 4) is 0 Å². The van der Waals surface area contributed by atoms with E-state index < -0.39 is 72.1 Å². The Morgan fingerprint density at radius 3 is 0.672 bits per heavy atom. The molecule has 0 heterocycles. The van der Waals surface area contributed by atoms with E-state index in [0.29, 0.717) is 155 Å². The maximum atomic E-state index is 14.2. The number of unbranched alkanes of at least 4 members (excludes halogenated alkanes) is 18. The lowest BCUT2D eigenvalue weighted by atomic mass is 9.66. The zero-order chi connectivity index (χ0) is 95.0. The van der Waals surface area contributed by atoms with Crippen LogP contribution in [0.5, 0.6) is 0 Å². The van der Waals surface area contributed by atoms with Crippen molar-refractivity contribution in [1.82, 2.24) is 0 Å². The normalized spacial score (nSPS) is 28.4. The molecule has 9 aliphatic carbocycles. The largest absolute Gasteiger partial charge is 0.465 e. The third-order valence-corrected chi connectivity index (χ3v) is 30.2. The molecule has 10 atom stereocenters. The lowest BCUT2D eigenvalue weighted by Gasteiger charge is -2.42. The van der Waals surface area contributed by atoms with E-state index in [4.69, 9.17) is 75.8 Å². The second-order valence-corrected chi connectivity index (χ2v) is 40.1. The minimum atomic E-state index is -0.744. The van der Waals surface area contributed by atoms with E-state index in [1.54, 1.807) is 0 Å². The molecule has 0 saturated heterocycles. The minimum absolute atomic E-state index is 0.0801. The summed E-state index contributed by atoms with van der Waals surface area (Å²) in [5.41, 5.74) is 0. The summed E-state index contributed by atoms with van der Waals surface area (Å²) in [5, 5.41) is 0. The zero-order valence-corrected chi connectivity index (χ0v) is 81.8. The summed E-state index contributed by atoms with van der Waals surface area (Å²) in [4.78, 5) is 129. The molecular weight excluding hydrogens is 1710 g/mol. The van der Waals surface area contributed by atoms with Crippen molar-refractivity contribution in [3.05, 3.63) is 50.6 Å². The van der Waals surface area contributed by atoms with Crippen molar-refractivity contribution in [3.63, 3.8) is 0 Å². The Hall–Kier alpha value is -6.58. The first-order valence-corrected chi connectivity index (χ1v) is 53.5. The van der Waals surface area contributed by atoms with E-state index in [9.17, 15) is 47.9 Å². The van der Waals surface area contributed by atoms with Gasteiger partial charge < -0.3 is 75.8 Å². The van der Waals surface area contributed by atoms with Crippen molar-refractivity contribution in [2.24, 2.45) is 59.2 Å². The van der Waals surface area contributed by atoms with Crippen LogP contribution in [0.2, 0.25) is 0 Å². The Bertz CT molecular complexity index is 3180. The minimum Gasteiger partial charge on any atom is -0.465 e. The van der Waals surface area contributed by atoms with Crippen LogP contribution in [-0.4, -0.2) is 200 Å². The van der Waals surface area contributed by atoms with Gasteiger partial charge in [-0.15, -0.1) is 0 Å². The molecule has 0 aromatic heterocycles. The van der Waals surface area contributed by atoms with Crippen LogP contribution in [0.4, 0.5) is 0 Å². The van der Waals surface area contributed by atoms with Gasteiger partial charge in [0.2, 0.25) is 0 Å². The molecule has 0 spiro atoms. The first-order chi connectivity index (χ1) is 65.4. The molecule has 9 rings (SSSR count). The molecule has 760 valence electrons. The maximum Gasteiger partial charge on any atom is 0.330 e. The SMILES string of the molecule is C=CC(=O)OCCCCCCOC1CCC(C(=O)OC2CCC(OC(=O)C3CCC(OCCCCCCOC(=O)C=C)CC3)C(C(=O)OCCCCCCOC3CCCC(C4CCC(C5CCCC(OCCCCCCOC(=O)C6CC(OC(=O)C7CCC(OCCCCCCOC(=O)C=C)CC7)CCC6OC(=O)C6CCC(OCCCCCCOC(=O)C=C)CC6)C5)CC4)C3)C2)CC1. The van der Waals surface area contributed by atoms with E-state index in [0.717, 1.165) is 255 Å². The Kier molecular flexibility index (Phi) is 54.8. The van der Waals surface area contributed by atoms with Crippen LogP contribution >= 0.6 is 0 Å². The first-order valence-electron chi connectivity index (χ1n) is 53.5. The average Bonchev–Trinajstić information content (AvgIpc) is 0.832. The summed E-state index contributed by atoms with van der Waals surface area (Å²) in [6.07, 6.45) is 53.5. The van der Waals surface area contributed by atoms with Gasteiger partial charge in [0.15, 0.2) is 0 Å². The molecule has 0 N–H and O–H groups in total. The number of hydrogen-bond donors (Lipinski definition) is 0. The number of rotatable bonds is 64. The maximum absolute atomic E-state index is 14.2. The van der Waals surface area contributed by atoms with Crippen LogP contribution in [0, 0.1) is 59.2 Å². The van der Waals surface area contributed by atoms with E-state index in [1.807, 2.05) is 0 Å². The van der Waals surface area contributed by atoms with E-state index >= 15 is 0 Å². The van der Waals surface area contributed by atoms with Crippen molar-refractivity contribution < 1.29 is 124 Å². The standard InChI is InChI=1S/C108H172O26/c1-5-99(109)125-69-27-15-9-21-63-119-87-51-43-81(44-52-87)103(113)131-93-59-61-97(133-105(115)83-47-55-89(56-48-83)121-65-23-11-17-29-71-127-101(111)7-3)95(77-93)107(117)129-73-31-19-13-25-67-123-91-37-33-35-85(75-91)79-39-41-80(42-40-79)86-36-34-38-92(76-86)124-68-26-14-20-32-74-130-108(118)96-78-94(132-104(114)82-45-53-88(54-46-82)120-64-22-10-16-28-70-126-100(110)6-2)60-62-98(96)134-106(116)84-49-57-90(58-50-84)122-66-24-12-18-30-72-128-102(112)8-4/h5-8,79-98H,1-4,9-78H2. The lowest BCUT2D eigenvalue weighted by Crippen LogP contribution is -2.43. The second kappa shape index (κ2) is 66.1. The van der Waals surface area contributed by atoms with Gasteiger partial charge in [-0.05, 0) is 332 Å². The molecular formula is C108H172O26.